The number of carbonyl (C=O) groups is 2. The number of urea groups is 1. The Morgan fingerprint density at radius 2 is 1.95 bits per heavy atom. The second-order valence-electron chi connectivity index (χ2n) is 6.76. The van der Waals surface area contributed by atoms with E-state index in [1.807, 2.05) is 11.9 Å². The average Bonchev–Trinajstić information content (AvgIpc) is 2.46. The molecular weight excluding hydrogens is 268 g/mol. The minimum Gasteiger partial charge on any atom is -0.481 e. The summed E-state index contributed by atoms with van der Waals surface area (Å²) in [5, 5.41) is 9.04. The average molecular weight is 296 g/mol. The zero-order valence-electron chi connectivity index (χ0n) is 13.3. The first-order valence-electron chi connectivity index (χ1n) is 8.24. The number of carbonyl (C=O) groups excluding carboxylic acids is 1. The smallest absolute Gasteiger partial charge is 0.320 e. The maximum atomic E-state index is 12.8. The number of amides is 2. The van der Waals surface area contributed by atoms with Crippen LogP contribution in [0.25, 0.3) is 0 Å². The lowest BCUT2D eigenvalue weighted by atomic mass is 9.86. The Labute approximate surface area is 127 Å². The fourth-order valence-electron chi connectivity index (χ4n) is 3.78. The Morgan fingerprint density at radius 3 is 2.62 bits per heavy atom. The Morgan fingerprint density at radius 1 is 1.19 bits per heavy atom. The summed E-state index contributed by atoms with van der Waals surface area (Å²) in [6.45, 7) is 2.95. The first kappa shape index (κ1) is 16.1. The molecule has 5 nitrogen and oxygen atoms in total. The largest absolute Gasteiger partial charge is 0.481 e. The number of piperidine rings is 1. The lowest BCUT2D eigenvalue weighted by Crippen LogP contribution is -2.53. The minimum absolute atomic E-state index is 0.0278. The first-order chi connectivity index (χ1) is 9.99. The maximum absolute atomic E-state index is 12.8. The van der Waals surface area contributed by atoms with Gasteiger partial charge in [-0.15, -0.1) is 0 Å². The van der Waals surface area contributed by atoms with Crippen molar-refractivity contribution in [3.63, 3.8) is 0 Å². The van der Waals surface area contributed by atoms with Crippen molar-refractivity contribution in [3.05, 3.63) is 0 Å². The summed E-state index contributed by atoms with van der Waals surface area (Å²) in [7, 11) is 1.89. The third kappa shape index (κ3) is 4.11. The number of carboxylic acids is 1. The van der Waals surface area contributed by atoms with Gasteiger partial charge in [-0.05, 0) is 38.0 Å². The second kappa shape index (κ2) is 7.14. The molecule has 1 saturated carbocycles. The zero-order valence-corrected chi connectivity index (χ0v) is 13.3. The lowest BCUT2D eigenvalue weighted by Gasteiger charge is -2.41. The monoisotopic (exact) mass is 296 g/mol. The molecular formula is C16H28N2O3. The fraction of sp³-hybridized carbons (Fsp3) is 0.875. The van der Waals surface area contributed by atoms with E-state index in [0.29, 0.717) is 18.5 Å². The van der Waals surface area contributed by atoms with Crippen molar-refractivity contribution in [2.75, 3.05) is 13.6 Å². The second-order valence-corrected chi connectivity index (χ2v) is 6.76. The van der Waals surface area contributed by atoms with Crippen molar-refractivity contribution >= 4 is 12.0 Å². The molecule has 3 unspecified atom stereocenters. The van der Waals surface area contributed by atoms with Crippen LogP contribution >= 0.6 is 0 Å². The van der Waals surface area contributed by atoms with Gasteiger partial charge in [-0.25, -0.2) is 4.79 Å². The van der Waals surface area contributed by atoms with Crippen LogP contribution < -0.4 is 0 Å². The maximum Gasteiger partial charge on any atom is 0.320 e. The molecule has 0 spiro atoms. The van der Waals surface area contributed by atoms with Crippen LogP contribution in [0.2, 0.25) is 0 Å². The van der Waals surface area contributed by atoms with Crippen molar-refractivity contribution in [1.29, 1.82) is 0 Å². The number of rotatable bonds is 3. The van der Waals surface area contributed by atoms with Gasteiger partial charge >= 0.3 is 12.0 Å². The summed E-state index contributed by atoms with van der Waals surface area (Å²) in [6.07, 6.45) is 7.46. The molecule has 0 aromatic carbocycles. The van der Waals surface area contributed by atoms with Gasteiger partial charge in [-0.2, -0.15) is 0 Å². The minimum atomic E-state index is -0.811. The summed E-state index contributed by atoms with van der Waals surface area (Å²) in [4.78, 5) is 27.4. The fourth-order valence-corrected chi connectivity index (χ4v) is 3.78. The number of carboxylic acid groups (broad SMARTS) is 1. The molecule has 2 fully saturated rings. The van der Waals surface area contributed by atoms with Crippen LogP contribution in [0.4, 0.5) is 4.79 Å². The van der Waals surface area contributed by atoms with E-state index in [0.717, 1.165) is 32.1 Å². The highest BCUT2D eigenvalue weighted by Crippen LogP contribution is 2.28. The molecule has 3 atom stereocenters. The van der Waals surface area contributed by atoms with E-state index >= 15 is 0 Å². The predicted octanol–water partition coefficient (Wildman–Crippen LogP) is 2.95. The van der Waals surface area contributed by atoms with E-state index in [4.69, 9.17) is 5.11 Å². The van der Waals surface area contributed by atoms with Gasteiger partial charge in [0.1, 0.15) is 0 Å². The third-order valence-corrected chi connectivity index (χ3v) is 5.04. The molecule has 120 valence electrons. The van der Waals surface area contributed by atoms with E-state index in [1.165, 1.54) is 12.8 Å². The molecule has 1 aliphatic carbocycles. The SMILES string of the molecule is CC1CCCC(N(C)C(=O)N2CCCCC2CC(=O)O)C1. The van der Waals surface area contributed by atoms with Gasteiger partial charge in [-0.1, -0.05) is 19.8 Å². The molecule has 1 aliphatic heterocycles. The number of aliphatic carboxylic acids is 1. The molecule has 21 heavy (non-hydrogen) atoms. The quantitative estimate of drug-likeness (QED) is 0.871. The summed E-state index contributed by atoms with van der Waals surface area (Å²) in [5.41, 5.74) is 0. The molecule has 2 aliphatic rings. The first-order valence-corrected chi connectivity index (χ1v) is 8.24. The normalized spacial score (nSPS) is 30.0. The van der Waals surface area contributed by atoms with E-state index < -0.39 is 5.97 Å². The Hall–Kier alpha value is -1.26. The molecule has 1 N–H and O–H groups in total. The predicted molar refractivity (Wildman–Crippen MR) is 81.2 cm³/mol. The van der Waals surface area contributed by atoms with Gasteiger partial charge < -0.3 is 14.9 Å². The molecule has 1 saturated heterocycles. The highest BCUT2D eigenvalue weighted by molar-refractivity contribution is 5.76. The standard InChI is InChI=1S/C16H28N2O3/c1-12-6-5-8-13(10-12)17(2)16(21)18-9-4-3-7-14(18)11-15(19)20/h12-14H,3-11H2,1-2H3,(H,19,20). The molecule has 0 aromatic heterocycles. The van der Waals surface area contributed by atoms with Crippen LogP contribution in [-0.4, -0.2) is 52.6 Å². The van der Waals surface area contributed by atoms with Gasteiger partial charge in [0.15, 0.2) is 0 Å². The topological polar surface area (TPSA) is 60.9 Å². The van der Waals surface area contributed by atoms with Crippen molar-refractivity contribution < 1.29 is 14.7 Å². The van der Waals surface area contributed by atoms with E-state index in [9.17, 15) is 9.59 Å². The lowest BCUT2D eigenvalue weighted by molar-refractivity contribution is -0.138. The summed E-state index contributed by atoms with van der Waals surface area (Å²) in [6, 6.07) is 0.209. The van der Waals surface area contributed by atoms with Crippen LogP contribution in [0.1, 0.15) is 58.3 Å². The van der Waals surface area contributed by atoms with Gasteiger partial charge in [0.2, 0.25) is 0 Å². The van der Waals surface area contributed by atoms with Crippen molar-refractivity contribution in [1.82, 2.24) is 9.80 Å². The van der Waals surface area contributed by atoms with Gasteiger partial charge in [-0.3, -0.25) is 4.79 Å². The van der Waals surface area contributed by atoms with Crippen molar-refractivity contribution in [2.45, 2.75) is 70.4 Å². The molecule has 5 heteroatoms. The van der Waals surface area contributed by atoms with Crippen LogP contribution in [0, 0.1) is 5.92 Å². The molecule has 1 heterocycles. The molecule has 0 bridgehead atoms. The Bertz CT molecular complexity index is 386. The van der Waals surface area contributed by atoms with Crippen LogP contribution in [0.5, 0.6) is 0 Å². The van der Waals surface area contributed by atoms with E-state index in [-0.39, 0.29) is 18.5 Å². The number of nitrogens with zero attached hydrogens (tertiary/aromatic N) is 2. The van der Waals surface area contributed by atoms with E-state index in [2.05, 4.69) is 6.92 Å². The molecule has 0 radical (unpaired) electrons. The molecule has 0 aromatic rings. The third-order valence-electron chi connectivity index (χ3n) is 5.04. The summed E-state index contributed by atoms with van der Waals surface area (Å²) in [5.74, 6) is -0.135. The van der Waals surface area contributed by atoms with Crippen LogP contribution in [-0.2, 0) is 4.79 Å². The highest BCUT2D eigenvalue weighted by atomic mass is 16.4. The molecule has 2 rings (SSSR count). The van der Waals surface area contributed by atoms with Gasteiger partial charge in [0.05, 0.1) is 6.42 Å². The summed E-state index contributed by atoms with van der Waals surface area (Å²) >= 11 is 0. The van der Waals surface area contributed by atoms with Crippen molar-refractivity contribution in [3.8, 4) is 0 Å². The zero-order chi connectivity index (χ0) is 15.4. The van der Waals surface area contributed by atoms with E-state index in [1.54, 1.807) is 4.90 Å². The number of hydrogen-bond acceptors (Lipinski definition) is 2. The number of hydrogen-bond donors (Lipinski definition) is 1. The van der Waals surface area contributed by atoms with Gasteiger partial charge in [0, 0.05) is 25.7 Å². The van der Waals surface area contributed by atoms with Crippen molar-refractivity contribution in [2.24, 2.45) is 5.92 Å². The Kier molecular flexibility index (Phi) is 5.48. The number of likely N-dealkylation sites (tertiary alicyclic amines) is 1. The Balaban J connectivity index is 2.00. The van der Waals surface area contributed by atoms with Gasteiger partial charge in [0.25, 0.3) is 0 Å². The summed E-state index contributed by atoms with van der Waals surface area (Å²) < 4.78 is 0. The highest BCUT2D eigenvalue weighted by Gasteiger charge is 2.33. The van der Waals surface area contributed by atoms with Crippen LogP contribution in [0.15, 0.2) is 0 Å². The van der Waals surface area contributed by atoms with Crippen LogP contribution in [0.3, 0.4) is 0 Å². The molecule has 2 amide bonds.